The van der Waals surface area contributed by atoms with E-state index in [1.165, 1.54) is 0 Å². The molecule has 0 saturated heterocycles. The first-order valence-electron chi connectivity index (χ1n) is 8.01. The molecule has 0 bridgehead atoms. The lowest BCUT2D eigenvalue weighted by Gasteiger charge is -2.08. The number of benzene rings is 2. The molecule has 6 heteroatoms. The highest BCUT2D eigenvalue weighted by Gasteiger charge is 2.08. The summed E-state index contributed by atoms with van der Waals surface area (Å²) < 4.78 is 0. The molecule has 0 saturated carbocycles. The maximum atomic E-state index is 11.9. The molecule has 130 valence electrons. The van der Waals surface area contributed by atoms with Crippen LogP contribution in [0.5, 0.6) is 0 Å². The summed E-state index contributed by atoms with van der Waals surface area (Å²) in [6.45, 7) is 2.41. The number of nitrogens with one attached hydrogen (secondary N) is 3. The molecular weight excluding hydrogens is 318 g/mol. The maximum Gasteiger partial charge on any atom is 0.251 e. The Balaban J connectivity index is 1.64. The van der Waals surface area contributed by atoms with Crippen LogP contribution in [0.25, 0.3) is 0 Å². The fourth-order valence-electron chi connectivity index (χ4n) is 2.18. The lowest BCUT2D eigenvalue weighted by atomic mass is 10.1. The minimum absolute atomic E-state index is 0.112. The predicted molar refractivity (Wildman–Crippen MR) is 95.3 cm³/mol. The Morgan fingerprint density at radius 1 is 0.760 bits per heavy atom. The molecule has 0 radical (unpaired) electrons. The standard InChI is InChI=1S/C19H21N3O3/c1-14-6-5-9-16(12-14)19(25)21-11-10-20-17(23)13-22-18(24)15-7-3-2-4-8-15/h2-9,12H,10-11,13H2,1H3,(H,20,23)(H,21,25)(H,22,24). The van der Waals surface area contributed by atoms with Gasteiger partial charge in [-0.1, -0.05) is 35.9 Å². The summed E-state index contributed by atoms with van der Waals surface area (Å²) in [5.41, 5.74) is 2.09. The second-order valence-electron chi connectivity index (χ2n) is 5.52. The molecule has 0 aliphatic rings. The van der Waals surface area contributed by atoms with E-state index < -0.39 is 0 Å². The number of amides is 3. The quantitative estimate of drug-likeness (QED) is 0.664. The second kappa shape index (κ2) is 9.22. The number of rotatable bonds is 7. The fraction of sp³-hybridized carbons (Fsp3) is 0.211. The molecule has 3 amide bonds. The van der Waals surface area contributed by atoms with Gasteiger partial charge in [0.05, 0.1) is 6.54 Å². The molecule has 0 aromatic heterocycles. The zero-order valence-corrected chi connectivity index (χ0v) is 14.0. The summed E-state index contributed by atoms with van der Waals surface area (Å²) >= 11 is 0. The summed E-state index contributed by atoms with van der Waals surface area (Å²) in [6.07, 6.45) is 0. The van der Waals surface area contributed by atoms with Crippen molar-refractivity contribution in [3.8, 4) is 0 Å². The predicted octanol–water partition coefficient (Wildman–Crippen LogP) is 1.27. The molecule has 25 heavy (non-hydrogen) atoms. The molecule has 2 aromatic rings. The molecule has 0 fully saturated rings. The van der Waals surface area contributed by atoms with Crippen molar-refractivity contribution in [3.05, 3.63) is 71.3 Å². The summed E-state index contributed by atoms with van der Waals surface area (Å²) in [6, 6.07) is 15.9. The lowest BCUT2D eigenvalue weighted by Crippen LogP contribution is -2.40. The van der Waals surface area contributed by atoms with Crippen molar-refractivity contribution in [2.24, 2.45) is 0 Å². The van der Waals surface area contributed by atoms with Crippen molar-refractivity contribution in [1.29, 1.82) is 0 Å². The molecule has 0 atom stereocenters. The molecule has 6 nitrogen and oxygen atoms in total. The van der Waals surface area contributed by atoms with E-state index in [0.717, 1.165) is 5.56 Å². The molecule has 2 aromatic carbocycles. The van der Waals surface area contributed by atoms with E-state index in [-0.39, 0.29) is 30.8 Å². The highest BCUT2D eigenvalue weighted by molar-refractivity contribution is 5.96. The number of hydrogen-bond donors (Lipinski definition) is 3. The summed E-state index contributed by atoms with van der Waals surface area (Å²) in [4.78, 5) is 35.4. The SMILES string of the molecule is Cc1cccc(C(=O)NCCNC(=O)CNC(=O)c2ccccc2)c1. The van der Waals surface area contributed by atoms with E-state index in [0.29, 0.717) is 17.7 Å². The van der Waals surface area contributed by atoms with Crippen LogP contribution in [0, 0.1) is 6.92 Å². The third-order valence-electron chi connectivity index (χ3n) is 3.46. The highest BCUT2D eigenvalue weighted by Crippen LogP contribution is 2.03. The molecule has 0 unspecified atom stereocenters. The molecule has 0 aliphatic heterocycles. The van der Waals surface area contributed by atoms with Crippen molar-refractivity contribution < 1.29 is 14.4 Å². The van der Waals surface area contributed by atoms with Gasteiger partial charge in [-0.05, 0) is 31.2 Å². The van der Waals surface area contributed by atoms with Crippen molar-refractivity contribution >= 4 is 17.7 Å². The maximum absolute atomic E-state index is 11.9. The monoisotopic (exact) mass is 339 g/mol. The van der Waals surface area contributed by atoms with E-state index >= 15 is 0 Å². The van der Waals surface area contributed by atoms with E-state index in [9.17, 15) is 14.4 Å². The van der Waals surface area contributed by atoms with Crippen LogP contribution >= 0.6 is 0 Å². The molecular formula is C19H21N3O3. The first-order valence-corrected chi connectivity index (χ1v) is 8.01. The third-order valence-corrected chi connectivity index (χ3v) is 3.46. The first kappa shape index (κ1) is 18.2. The van der Waals surface area contributed by atoms with Crippen LogP contribution in [0.3, 0.4) is 0 Å². The molecule has 3 N–H and O–H groups in total. The number of hydrogen-bond acceptors (Lipinski definition) is 3. The second-order valence-corrected chi connectivity index (χ2v) is 5.52. The smallest absolute Gasteiger partial charge is 0.251 e. The fourth-order valence-corrected chi connectivity index (χ4v) is 2.18. The van der Waals surface area contributed by atoms with Gasteiger partial charge >= 0.3 is 0 Å². The number of carbonyl (C=O) groups excluding carboxylic acids is 3. The Bertz CT molecular complexity index is 745. The van der Waals surface area contributed by atoms with Crippen LogP contribution in [0.15, 0.2) is 54.6 Å². The van der Waals surface area contributed by atoms with Crippen molar-refractivity contribution in [3.63, 3.8) is 0 Å². The Morgan fingerprint density at radius 3 is 2.12 bits per heavy atom. The Labute approximate surface area is 146 Å². The van der Waals surface area contributed by atoms with Gasteiger partial charge in [0.1, 0.15) is 0 Å². The van der Waals surface area contributed by atoms with E-state index in [2.05, 4.69) is 16.0 Å². The van der Waals surface area contributed by atoms with Crippen LogP contribution in [0.1, 0.15) is 26.3 Å². The van der Waals surface area contributed by atoms with Gasteiger partial charge < -0.3 is 16.0 Å². The molecule has 0 heterocycles. The summed E-state index contributed by atoms with van der Waals surface area (Å²) in [7, 11) is 0. The van der Waals surface area contributed by atoms with Crippen LogP contribution < -0.4 is 16.0 Å². The van der Waals surface area contributed by atoms with E-state index in [1.807, 2.05) is 25.1 Å². The third kappa shape index (κ3) is 6.10. The minimum atomic E-state index is -0.311. The van der Waals surface area contributed by atoms with Crippen molar-refractivity contribution in [2.75, 3.05) is 19.6 Å². The first-order chi connectivity index (χ1) is 12.1. The van der Waals surface area contributed by atoms with Crippen LogP contribution in [0.4, 0.5) is 0 Å². The zero-order chi connectivity index (χ0) is 18.1. The van der Waals surface area contributed by atoms with E-state index in [4.69, 9.17) is 0 Å². The molecule has 0 spiro atoms. The van der Waals surface area contributed by atoms with Gasteiger partial charge in [0, 0.05) is 24.2 Å². The summed E-state index contributed by atoms with van der Waals surface area (Å²) in [5.74, 6) is -0.798. The van der Waals surface area contributed by atoms with Crippen molar-refractivity contribution in [1.82, 2.24) is 16.0 Å². The van der Waals surface area contributed by atoms with Crippen LogP contribution in [-0.2, 0) is 4.79 Å². The van der Waals surface area contributed by atoms with Gasteiger partial charge in [0.25, 0.3) is 11.8 Å². The largest absolute Gasteiger partial charge is 0.353 e. The van der Waals surface area contributed by atoms with Gasteiger partial charge in [-0.2, -0.15) is 0 Å². The minimum Gasteiger partial charge on any atom is -0.353 e. The average Bonchev–Trinajstić information content (AvgIpc) is 2.63. The van der Waals surface area contributed by atoms with E-state index in [1.54, 1.807) is 36.4 Å². The Hall–Kier alpha value is -3.15. The Morgan fingerprint density at radius 2 is 1.40 bits per heavy atom. The number of carbonyl (C=O) groups is 3. The van der Waals surface area contributed by atoms with Gasteiger partial charge in [0.2, 0.25) is 5.91 Å². The highest BCUT2D eigenvalue weighted by atomic mass is 16.2. The Kier molecular flexibility index (Phi) is 6.71. The summed E-state index contributed by atoms with van der Waals surface area (Å²) in [5, 5.41) is 7.91. The van der Waals surface area contributed by atoms with Gasteiger partial charge in [-0.15, -0.1) is 0 Å². The molecule has 2 rings (SSSR count). The molecule has 0 aliphatic carbocycles. The topological polar surface area (TPSA) is 87.3 Å². The van der Waals surface area contributed by atoms with Gasteiger partial charge in [-0.3, -0.25) is 14.4 Å². The van der Waals surface area contributed by atoms with Crippen LogP contribution in [-0.4, -0.2) is 37.4 Å². The van der Waals surface area contributed by atoms with Crippen molar-refractivity contribution in [2.45, 2.75) is 6.92 Å². The van der Waals surface area contributed by atoms with Gasteiger partial charge in [-0.25, -0.2) is 0 Å². The van der Waals surface area contributed by atoms with Gasteiger partial charge in [0.15, 0.2) is 0 Å². The normalized spacial score (nSPS) is 9.96. The lowest BCUT2D eigenvalue weighted by molar-refractivity contribution is -0.120. The number of aryl methyl sites for hydroxylation is 1. The van der Waals surface area contributed by atoms with Crippen LogP contribution in [0.2, 0.25) is 0 Å². The zero-order valence-electron chi connectivity index (χ0n) is 14.0. The average molecular weight is 339 g/mol.